The number of likely N-dealkylation sites (tertiary alicyclic amines) is 1. The Bertz CT molecular complexity index is 810. The van der Waals surface area contributed by atoms with Crippen LogP contribution in [-0.4, -0.2) is 71.0 Å². The first kappa shape index (κ1) is 20.1. The zero-order valence-corrected chi connectivity index (χ0v) is 17.1. The van der Waals surface area contributed by atoms with Gasteiger partial charge < -0.3 is 24.2 Å². The standard InChI is InChI=1S/C22H29N3O4/c1-15-20(16(2)29-23-15)22(27)25-12-13-28-19(14-24-10-8-18(26)9-11-24)21(25)17-6-4-3-5-7-17/h3-7,18-19,21,26H,8-14H2,1-2H3/t19-,21-/m0/s1. The van der Waals surface area contributed by atoms with Gasteiger partial charge in [-0.2, -0.15) is 0 Å². The van der Waals surface area contributed by atoms with Crippen molar-refractivity contribution >= 4 is 5.91 Å². The van der Waals surface area contributed by atoms with Crippen LogP contribution in [0.15, 0.2) is 34.9 Å². The maximum absolute atomic E-state index is 13.5. The highest BCUT2D eigenvalue weighted by Crippen LogP contribution is 2.33. The molecule has 0 saturated carbocycles. The lowest BCUT2D eigenvalue weighted by molar-refractivity contribution is -0.0771. The Morgan fingerprint density at radius 2 is 1.90 bits per heavy atom. The van der Waals surface area contributed by atoms with E-state index < -0.39 is 0 Å². The number of aliphatic hydroxyl groups is 1. The van der Waals surface area contributed by atoms with Crippen LogP contribution < -0.4 is 0 Å². The summed E-state index contributed by atoms with van der Waals surface area (Å²) in [6.07, 6.45) is 1.22. The van der Waals surface area contributed by atoms with E-state index in [1.807, 2.05) is 23.1 Å². The summed E-state index contributed by atoms with van der Waals surface area (Å²) in [5, 5.41) is 13.8. The Hall–Kier alpha value is -2.22. The Balaban J connectivity index is 1.62. The number of aryl methyl sites for hydroxylation is 2. The Kier molecular flexibility index (Phi) is 5.99. The van der Waals surface area contributed by atoms with Crippen molar-refractivity contribution in [1.82, 2.24) is 15.0 Å². The second-order valence-corrected chi connectivity index (χ2v) is 7.99. The molecule has 0 radical (unpaired) electrons. The fourth-order valence-electron chi connectivity index (χ4n) is 4.45. The molecule has 1 amide bonds. The van der Waals surface area contributed by atoms with Gasteiger partial charge in [0.05, 0.1) is 30.6 Å². The molecular weight excluding hydrogens is 370 g/mol. The second-order valence-electron chi connectivity index (χ2n) is 7.99. The number of hydrogen-bond donors (Lipinski definition) is 1. The number of morpholine rings is 1. The molecule has 0 bridgehead atoms. The largest absolute Gasteiger partial charge is 0.393 e. The fraction of sp³-hybridized carbons (Fsp3) is 0.545. The maximum Gasteiger partial charge on any atom is 0.260 e. The van der Waals surface area contributed by atoms with Crippen LogP contribution in [0.3, 0.4) is 0 Å². The Morgan fingerprint density at radius 1 is 1.17 bits per heavy atom. The number of hydrogen-bond acceptors (Lipinski definition) is 6. The van der Waals surface area contributed by atoms with Crippen LogP contribution in [0.25, 0.3) is 0 Å². The molecule has 0 aliphatic carbocycles. The van der Waals surface area contributed by atoms with Crippen molar-refractivity contribution in [3.63, 3.8) is 0 Å². The van der Waals surface area contributed by atoms with Gasteiger partial charge in [-0.1, -0.05) is 35.5 Å². The lowest BCUT2D eigenvalue weighted by Crippen LogP contribution is -2.53. The third-order valence-electron chi connectivity index (χ3n) is 6.00. The lowest BCUT2D eigenvalue weighted by Gasteiger charge is -2.44. The molecule has 0 unspecified atom stereocenters. The lowest BCUT2D eigenvalue weighted by atomic mass is 9.95. The molecule has 2 saturated heterocycles. The summed E-state index contributed by atoms with van der Waals surface area (Å²) in [5.74, 6) is 0.491. The van der Waals surface area contributed by atoms with Crippen molar-refractivity contribution in [2.45, 2.75) is 44.9 Å². The van der Waals surface area contributed by atoms with E-state index in [9.17, 15) is 9.90 Å². The minimum Gasteiger partial charge on any atom is -0.393 e. The number of aliphatic hydroxyl groups excluding tert-OH is 1. The van der Waals surface area contributed by atoms with Crippen molar-refractivity contribution < 1.29 is 19.2 Å². The zero-order valence-electron chi connectivity index (χ0n) is 17.1. The molecular formula is C22H29N3O4. The van der Waals surface area contributed by atoms with Gasteiger partial charge in [-0.3, -0.25) is 4.79 Å². The summed E-state index contributed by atoms with van der Waals surface area (Å²) in [6, 6.07) is 9.90. The van der Waals surface area contributed by atoms with Gasteiger partial charge in [0.2, 0.25) is 0 Å². The third kappa shape index (κ3) is 4.22. The molecule has 2 fully saturated rings. The number of carbonyl (C=O) groups excluding carboxylic acids is 1. The van der Waals surface area contributed by atoms with Crippen molar-refractivity contribution in [1.29, 1.82) is 0 Å². The van der Waals surface area contributed by atoms with Crippen LogP contribution in [0.2, 0.25) is 0 Å². The molecule has 3 heterocycles. The molecule has 1 aromatic heterocycles. The van der Waals surface area contributed by atoms with Gasteiger partial charge in [0.15, 0.2) is 0 Å². The number of piperidine rings is 1. The summed E-state index contributed by atoms with van der Waals surface area (Å²) in [6.45, 7) is 7.04. The highest BCUT2D eigenvalue weighted by atomic mass is 16.5. The third-order valence-corrected chi connectivity index (χ3v) is 6.00. The molecule has 2 aliphatic heterocycles. The molecule has 7 nitrogen and oxygen atoms in total. The monoisotopic (exact) mass is 399 g/mol. The van der Waals surface area contributed by atoms with Crippen LogP contribution in [0.5, 0.6) is 0 Å². The van der Waals surface area contributed by atoms with E-state index in [0.717, 1.165) is 38.0 Å². The maximum atomic E-state index is 13.5. The van der Waals surface area contributed by atoms with Crippen LogP contribution in [0, 0.1) is 13.8 Å². The van der Waals surface area contributed by atoms with Gasteiger partial charge >= 0.3 is 0 Å². The molecule has 2 atom stereocenters. The van der Waals surface area contributed by atoms with E-state index in [2.05, 4.69) is 22.2 Å². The van der Waals surface area contributed by atoms with E-state index in [4.69, 9.17) is 9.26 Å². The summed E-state index contributed by atoms with van der Waals surface area (Å²) >= 11 is 0. The minimum absolute atomic E-state index is 0.0579. The number of ether oxygens (including phenoxy) is 1. The van der Waals surface area contributed by atoms with Gasteiger partial charge in [-0.05, 0) is 32.3 Å². The number of carbonyl (C=O) groups is 1. The molecule has 1 aromatic carbocycles. The smallest absolute Gasteiger partial charge is 0.260 e. The summed E-state index contributed by atoms with van der Waals surface area (Å²) in [4.78, 5) is 17.7. The quantitative estimate of drug-likeness (QED) is 0.850. The first-order chi connectivity index (χ1) is 14.0. The van der Waals surface area contributed by atoms with Crippen LogP contribution in [0.1, 0.15) is 46.3 Å². The van der Waals surface area contributed by atoms with E-state index >= 15 is 0 Å². The van der Waals surface area contributed by atoms with Crippen LogP contribution in [-0.2, 0) is 4.74 Å². The molecule has 0 spiro atoms. The number of amides is 1. The first-order valence-corrected chi connectivity index (χ1v) is 10.4. The number of nitrogens with zero attached hydrogens (tertiary/aromatic N) is 3. The molecule has 4 rings (SSSR count). The summed E-state index contributed by atoms with van der Waals surface area (Å²) in [5.41, 5.74) is 2.23. The Labute approximate surface area is 171 Å². The molecule has 29 heavy (non-hydrogen) atoms. The minimum atomic E-state index is -0.207. The van der Waals surface area contributed by atoms with Gasteiger partial charge in [0.25, 0.3) is 5.91 Å². The van der Waals surface area contributed by atoms with E-state index in [-0.39, 0.29) is 24.2 Å². The average Bonchev–Trinajstić information content (AvgIpc) is 3.08. The highest BCUT2D eigenvalue weighted by molar-refractivity contribution is 5.96. The molecule has 2 aliphatic rings. The zero-order chi connectivity index (χ0) is 20.4. The number of rotatable bonds is 4. The molecule has 2 aromatic rings. The first-order valence-electron chi connectivity index (χ1n) is 10.4. The molecule has 7 heteroatoms. The van der Waals surface area contributed by atoms with Crippen LogP contribution in [0.4, 0.5) is 0 Å². The van der Waals surface area contributed by atoms with E-state index in [1.165, 1.54) is 0 Å². The normalized spacial score (nSPS) is 24.0. The molecule has 1 N–H and O–H groups in total. The predicted octanol–water partition coefficient (Wildman–Crippen LogP) is 2.33. The SMILES string of the molecule is Cc1noc(C)c1C(=O)N1CCO[C@@H](CN2CCC(O)CC2)[C@@H]1c1ccccc1. The highest BCUT2D eigenvalue weighted by Gasteiger charge is 2.39. The van der Waals surface area contributed by atoms with Crippen molar-refractivity contribution in [2.24, 2.45) is 0 Å². The topological polar surface area (TPSA) is 79.0 Å². The van der Waals surface area contributed by atoms with Crippen molar-refractivity contribution in [3.8, 4) is 0 Å². The van der Waals surface area contributed by atoms with Gasteiger partial charge in [0, 0.05) is 26.2 Å². The van der Waals surface area contributed by atoms with E-state index in [0.29, 0.717) is 30.2 Å². The van der Waals surface area contributed by atoms with Crippen molar-refractivity contribution in [3.05, 3.63) is 52.9 Å². The fourth-order valence-corrected chi connectivity index (χ4v) is 4.45. The van der Waals surface area contributed by atoms with Crippen LogP contribution >= 0.6 is 0 Å². The van der Waals surface area contributed by atoms with Gasteiger partial charge in [0.1, 0.15) is 11.3 Å². The molecule has 156 valence electrons. The predicted molar refractivity (Wildman–Crippen MR) is 108 cm³/mol. The van der Waals surface area contributed by atoms with Gasteiger partial charge in [-0.25, -0.2) is 0 Å². The average molecular weight is 399 g/mol. The Morgan fingerprint density at radius 3 is 2.55 bits per heavy atom. The number of benzene rings is 1. The number of aromatic nitrogens is 1. The van der Waals surface area contributed by atoms with Gasteiger partial charge in [-0.15, -0.1) is 0 Å². The summed E-state index contributed by atoms with van der Waals surface area (Å²) in [7, 11) is 0. The summed E-state index contributed by atoms with van der Waals surface area (Å²) < 4.78 is 11.4. The second kappa shape index (κ2) is 8.65. The van der Waals surface area contributed by atoms with E-state index in [1.54, 1.807) is 13.8 Å². The van der Waals surface area contributed by atoms with Crippen molar-refractivity contribution in [2.75, 3.05) is 32.8 Å².